The highest BCUT2D eigenvalue weighted by molar-refractivity contribution is 6.17. The van der Waals surface area contributed by atoms with E-state index >= 15 is 0 Å². The summed E-state index contributed by atoms with van der Waals surface area (Å²) in [4.78, 5) is 13.5. The second kappa shape index (κ2) is 6.25. The summed E-state index contributed by atoms with van der Waals surface area (Å²) in [5.41, 5.74) is 0. The molecule has 0 bridgehead atoms. The molecule has 1 amide bonds. The number of hydrogen-bond acceptors (Lipinski definition) is 2. The van der Waals surface area contributed by atoms with Gasteiger partial charge in [0.15, 0.2) is 0 Å². The van der Waals surface area contributed by atoms with Crippen LogP contribution in [-0.2, 0) is 4.79 Å². The Morgan fingerprint density at radius 3 is 2.93 bits per heavy atom. The van der Waals surface area contributed by atoms with E-state index in [0.717, 1.165) is 32.2 Å². The summed E-state index contributed by atoms with van der Waals surface area (Å²) in [5, 5.41) is 9.04. The zero-order valence-corrected chi connectivity index (χ0v) is 9.17. The van der Waals surface area contributed by atoms with Gasteiger partial charge in [0.05, 0.1) is 12.6 Å². The van der Waals surface area contributed by atoms with Crippen LogP contribution in [0.4, 0.5) is 0 Å². The fraction of sp³-hybridized carbons (Fsp3) is 0.900. The molecule has 1 saturated heterocycles. The highest BCUT2D eigenvalue weighted by atomic mass is 35.5. The molecule has 14 heavy (non-hydrogen) atoms. The van der Waals surface area contributed by atoms with E-state index in [-0.39, 0.29) is 18.6 Å². The van der Waals surface area contributed by atoms with Crippen molar-refractivity contribution in [2.24, 2.45) is 0 Å². The third-order valence-corrected chi connectivity index (χ3v) is 2.95. The van der Waals surface area contributed by atoms with Crippen LogP contribution >= 0.6 is 11.6 Å². The van der Waals surface area contributed by atoms with Gasteiger partial charge in [-0.2, -0.15) is 0 Å². The lowest BCUT2D eigenvalue weighted by atomic mass is 10.2. The van der Waals surface area contributed by atoms with E-state index in [1.165, 1.54) is 0 Å². The number of rotatable bonds is 5. The Morgan fingerprint density at radius 1 is 1.50 bits per heavy atom. The van der Waals surface area contributed by atoms with Crippen molar-refractivity contribution in [3.8, 4) is 0 Å². The fourth-order valence-corrected chi connectivity index (χ4v) is 2.06. The topological polar surface area (TPSA) is 40.5 Å². The van der Waals surface area contributed by atoms with Crippen molar-refractivity contribution in [2.75, 3.05) is 19.0 Å². The molecule has 0 unspecified atom stereocenters. The highest BCUT2D eigenvalue weighted by Gasteiger charge is 2.27. The molecule has 0 aliphatic carbocycles. The van der Waals surface area contributed by atoms with Gasteiger partial charge in [-0.05, 0) is 25.7 Å². The molecular formula is C10H18ClNO2. The van der Waals surface area contributed by atoms with Gasteiger partial charge in [-0.3, -0.25) is 4.79 Å². The number of aliphatic hydroxyl groups is 1. The number of alkyl halides is 1. The van der Waals surface area contributed by atoms with Crippen LogP contribution in [0.15, 0.2) is 0 Å². The van der Waals surface area contributed by atoms with Crippen LogP contribution in [-0.4, -0.2) is 41.0 Å². The van der Waals surface area contributed by atoms with E-state index in [1.54, 1.807) is 0 Å². The number of carbonyl (C=O) groups excluding carboxylic acids is 1. The number of hydrogen-bond donors (Lipinski definition) is 1. The number of halogens is 1. The van der Waals surface area contributed by atoms with Crippen LogP contribution in [0.2, 0.25) is 0 Å². The largest absolute Gasteiger partial charge is 0.394 e. The van der Waals surface area contributed by atoms with Crippen molar-refractivity contribution in [1.29, 1.82) is 0 Å². The molecule has 0 radical (unpaired) electrons. The molecule has 0 spiro atoms. The zero-order chi connectivity index (χ0) is 10.4. The third kappa shape index (κ3) is 3.14. The predicted molar refractivity (Wildman–Crippen MR) is 56.4 cm³/mol. The molecule has 1 aliphatic rings. The summed E-state index contributed by atoms with van der Waals surface area (Å²) in [6.07, 6.45) is 4.29. The minimum absolute atomic E-state index is 0.0681. The molecule has 1 atom stereocenters. The summed E-state index contributed by atoms with van der Waals surface area (Å²) < 4.78 is 0. The summed E-state index contributed by atoms with van der Waals surface area (Å²) in [5.74, 6) is 0.795. The summed E-state index contributed by atoms with van der Waals surface area (Å²) in [6.45, 7) is 0.909. The number of likely N-dealkylation sites (tertiary alicyclic amines) is 1. The summed E-state index contributed by atoms with van der Waals surface area (Å²) in [7, 11) is 0. The van der Waals surface area contributed by atoms with Crippen molar-refractivity contribution in [1.82, 2.24) is 4.90 Å². The number of nitrogens with zero attached hydrogens (tertiary/aromatic N) is 1. The van der Waals surface area contributed by atoms with Crippen molar-refractivity contribution in [3.63, 3.8) is 0 Å². The molecule has 1 heterocycles. The van der Waals surface area contributed by atoms with Gasteiger partial charge in [-0.25, -0.2) is 0 Å². The van der Waals surface area contributed by atoms with E-state index in [4.69, 9.17) is 16.7 Å². The first-order valence-corrected chi connectivity index (χ1v) is 5.79. The van der Waals surface area contributed by atoms with Gasteiger partial charge in [0.1, 0.15) is 0 Å². The van der Waals surface area contributed by atoms with E-state index in [0.29, 0.717) is 12.3 Å². The van der Waals surface area contributed by atoms with Gasteiger partial charge >= 0.3 is 0 Å². The molecule has 1 N–H and O–H groups in total. The Kier molecular flexibility index (Phi) is 5.26. The second-order valence-corrected chi connectivity index (χ2v) is 4.09. The van der Waals surface area contributed by atoms with Crippen LogP contribution in [0.3, 0.4) is 0 Å². The Labute approximate surface area is 90.0 Å². The van der Waals surface area contributed by atoms with Crippen molar-refractivity contribution in [3.05, 3.63) is 0 Å². The summed E-state index contributed by atoms with van der Waals surface area (Å²) in [6, 6.07) is 0.0681. The Balaban J connectivity index is 2.28. The number of amides is 1. The second-order valence-electron chi connectivity index (χ2n) is 3.71. The Bertz CT molecular complexity index is 187. The van der Waals surface area contributed by atoms with E-state index in [2.05, 4.69) is 0 Å². The maximum atomic E-state index is 11.7. The maximum Gasteiger partial charge on any atom is 0.222 e. The third-order valence-electron chi connectivity index (χ3n) is 2.68. The monoisotopic (exact) mass is 219 g/mol. The van der Waals surface area contributed by atoms with Crippen LogP contribution in [0.5, 0.6) is 0 Å². The molecule has 3 nitrogen and oxygen atoms in total. The van der Waals surface area contributed by atoms with Crippen LogP contribution in [0.25, 0.3) is 0 Å². The van der Waals surface area contributed by atoms with E-state index in [9.17, 15) is 4.79 Å². The molecule has 0 aromatic heterocycles. The first kappa shape index (κ1) is 11.8. The van der Waals surface area contributed by atoms with Crippen molar-refractivity contribution < 1.29 is 9.90 Å². The van der Waals surface area contributed by atoms with Crippen molar-refractivity contribution >= 4 is 17.5 Å². The number of carbonyl (C=O) groups is 1. The Morgan fingerprint density at radius 2 is 2.29 bits per heavy atom. The smallest absolute Gasteiger partial charge is 0.222 e. The van der Waals surface area contributed by atoms with Gasteiger partial charge in [-0.1, -0.05) is 0 Å². The first-order valence-electron chi connectivity index (χ1n) is 5.26. The fourth-order valence-electron chi connectivity index (χ4n) is 1.87. The van der Waals surface area contributed by atoms with Gasteiger partial charge < -0.3 is 10.0 Å². The lowest BCUT2D eigenvalue weighted by Gasteiger charge is -2.22. The molecule has 1 fully saturated rings. The molecule has 0 aromatic rings. The number of aliphatic hydroxyl groups excluding tert-OH is 1. The molecule has 82 valence electrons. The molecule has 4 heteroatoms. The minimum atomic E-state index is 0.0681. The van der Waals surface area contributed by atoms with Crippen LogP contribution in [0, 0.1) is 0 Å². The average Bonchev–Trinajstić information content (AvgIpc) is 2.65. The molecule has 0 aromatic carbocycles. The van der Waals surface area contributed by atoms with Crippen LogP contribution in [0.1, 0.15) is 32.1 Å². The van der Waals surface area contributed by atoms with Gasteiger partial charge in [0, 0.05) is 18.8 Å². The van der Waals surface area contributed by atoms with Crippen molar-refractivity contribution in [2.45, 2.75) is 38.1 Å². The molecule has 1 rings (SSSR count). The minimum Gasteiger partial charge on any atom is -0.394 e. The van der Waals surface area contributed by atoms with E-state index < -0.39 is 0 Å². The normalized spacial score (nSPS) is 21.6. The SMILES string of the molecule is O=C(CCCCCl)N1CCC[C@H]1CO. The standard InChI is InChI=1S/C10H18ClNO2/c11-6-2-1-5-10(14)12-7-3-4-9(12)8-13/h9,13H,1-8H2/t9-/m0/s1. The highest BCUT2D eigenvalue weighted by Crippen LogP contribution is 2.18. The zero-order valence-electron chi connectivity index (χ0n) is 8.41. The first-order chi connectivity index (χ1) is 6.79. The lowest BCUT2D eigenvalue weighted by Crippen LogP contribution is -2.37. The number of unbranched alkanes of at least 4 members (excludes halogenated alkanes) is 1. The van der Waals surface area contributed by atoms with Gasteiger partial charge in [0.25, 0.3) is 0 Å². The quantitative estimate of drug-likeness (QED) is 0.561. The van der Waals surface area contributed by atoms with E-state index in [1.807, 2.05) is 4.90 Å². The Hall–Kier alpha value is -0.280. The lowest BCUT2D eigenvalue weighted by molar-refractivity contribution is -0.132. The molecule has 1 aliphatic heterocycles. The van der Waals surface area contributed by atoms with Crippen LogP contribution < -0.4 is 0 Å². The van der Waals surface area contributed by atoms with Gasteiger partial charge in [-0.15, -0.1) is 11.6 Å². The predicted octanol–water partition coefficient (Wildman–Crippen LogP) is 1.38. The maximum absolute atomic E-state index is 11.7. The molecule has 0 saturated carbocycles. The average molecular weight is 220 g/mol. The summed E-state index contributed by atoms with van der Waals surface area (Å²) >= 11 is 5.54. The van der Waals surface area contributed by atoms with Gasteiger partial charge in [0.2, 0.25) is 5.91 Å². The molecular weight excluding hydrogens is 202 g/mol.